The van der Waals surface area contributed by atoms with Crippen LogP contribution in [0.4, 0.5) is 0 Å². The van der Waals surface area contributed by atoms with Crippen molar-refractivity contribution in [1.82, 2.24) is 5.32 Å². The van der Waals surface area contributed by atoms with Crippen molar-refractivity contribution in [3.63, 3.8) is 0 Å². The Bertz CT molecular complexity index is 293. The van der Waals surface area contributed by atoms with Crippen molar-refractivity contribution < 1.29 is 9.47 Å². The Balaban J connectivity index is 1.38. The Hall–Kier alpha value is -0.120. The molecular formula is C16H29NO2. The SMILES string of the molecule is CC1(CNCC2CCC3(CCCC3)O2)CCOCC1. The van der Waals surface area contributed by atoms with Crippen LogP contribution < -0.4 is 5.32 Å². The van der Waals surface area contributed by atoms with Crippen molar-refractivity contribution in [2.75, 3.05) is 26.3 Å². The first-order chi connectivity index (χ1) is 9.20. The summed E-state index contributed by atoms with van der Waals surface area (Å²) < 4.78 is 11.8. The number of hydrogen-bond acceptors (Lipinski definition) is 3. The van der Waals surface area contributed by atoms with E-state index in [1.54, 1.807) is 0 Å². The fourth-order valence-corrected chi connectivity index (χ4v) is 4.00. The zero-order valence-electron chi connectivity index (χ0n) is 12.4. The van der Waals surface area contributed by atoms with Gasteiger partial charge in [-0.15, -0.1) is 0 Å². The first-order valence-corrected chi connectivity index (χ1v) is 8.16. The molecule has 0 bridgehead atoms. The van der Waals surface area contributed by atoms with Crippen LogP contribution in [-0.2, 0) is 9.47 Å². The van der Waals surface area contributed by atoms with Gasteiger partial charge in [-0.3, -0.25) is 0 Å². The summed E-state index contributed by atoms with van der Waals surface area (Å²) in [6, 6.07) is 0. The molecule has 1 atom stereocenters. The Morgan fingerprint density at radius 2 is 1.79 bits per heavy atom. The van der Waals surface area contributed by atoms with Gasteiger partial charge in [-0.1, -0.05) is 19.8 Å². The van der Waals surface area contributed by atoms with Crippen molar-refractivity contribution in [1.29, 1.82) is 0 Å². The molecule has 0 amide bonds. The first-order valence-electron chi connectivity index (χ1n) is 8.16. The molecule has 3 fully saturated rings. The molecule has 2 heterocycles. The van der Waals surface area contributed by atoms with Gasteiger partial charge in [0, 0.05) is 26.3 Å². The number of nitrogens with one attached hydrogen (secondary N) is 1. The second-order valence-electron chi connectivity index (χ2n) is 7.22. The van der Waals surface area contributed by atoms with Crippen molar-refractivity contribution in [2.45, 2.75) is 70.0 Å². The van der Waals surface area contributed by atoms with Crippen LogP contribution in [0.25, 0.3) is 0 Å². The Kier molecular flexibility index (Phi) is 4.16. The predicted octanol–water partition coefficient (Wildman–Crippen LogP) is 2.88. The van der Waals surface area contributed by atoms with E-state index in [1.807, 2.05) is 0 Å². The van der Waals surface area contributed by atoms with E-state index < -0.39 is 0 Å². The highest BCUT2D eigenvalue weighted by molar-refractivity contribution is 4.93. The lowest BCUT2D eigenvalue weighted by Crippen LogP contribution is -2.40. The summed E-state index contributed by atoms with van der Waals surface area (Å²) in [6.07, 6.45) is 10.7. The van der Waals surface area contributed by atoms with E-state index >= 15 is 0 Å². The lowest BCUT2D eigenvalue weighted by molar-refractivity contribution is -0.0369. The molecule has 0 aromatic heterocycles. The summed E-state index contributed by atoms with van der Waals surface area (Å²) >= 11 is 0. The minimum atomic E-state index is 0.287. The standard InChI is InChI=1S/C16H29NO2/c1-15(8-10-18-11-9-15)13-17-12-14-4-7-16(19-14)5-2-3-6-16/h14,17H,2-13H2,1H3. The summed E-state index contributed by atoms with van der Waals surface area (Å²) in [5.74, 6) is 0. The molecule has 3 aliphatic rings. The first kappa shape index (κ1) is 13.8. The molecule has 2 saturated heterocycles. The Morgan fingerprint density at radius 3 is 2.53 bits per heavy atom. The quantitative estimate of drug-likeness (QED) is 0.849. The molecule has 110 valence electrons. The lowest BCUT2D eigenvalue weighted by atomic mass is 9.82. The van der Waals surface area contributed by atoms with Gasteiger partial charge in [0.05, 0.1) is 11.7 Å². The molecule has 1 unspecified atom stereocenters. The average molecular weight is 267 g/mol. The second kappa shape index (κ2) is 5.71. The van der Waals surface area contributed by atoms with Crippen LogP contribution in [0.3, 0.4) is 0 Å². The Morgan fingerprint density at radius 1 is 1.05 bits per heavy atom. The highest BCUT2D eigenvalue weighted by Gasteiger charge is 2.42. The van der Waals surface area contributed by atoms with Crippen LogP contribution >= 0.6 is 0 Å². The van der Waals surface area contributed by atoms with Crippen LogP contribution in [0.5, 0.6) is 0 Å². The highest BCUT2D eigenvalue weighted by Crippen LogP contribution is 2.43. The van der Waals surface area contributed by atoms with E-state index in [1.165, 1.54) is 51.4 Å². The minimum absolute atomic E-state index is 0.287. The summed E-state index contributed by atoms with van der Waals surface area (Å²) in [5, 5.41) is 3.66. The minimum Gasteiger partial charge on any atom is -0.381 e. The van der Waals surface area contributed by atoms with E-state index in [2.05, 4.69) is 12.2 Å². The monoisotopic (exact) mass is 267 g/mol. The third kappa shape index (κ3) is 3.32. The van der Waals surface area contributed by atoms with Crippen molar-refractivity contribution >= 4 is 0 Å². The zero-order chi connectivity index (χ0) is 13.2. The maximum atomic E-state index is 6.35. The van der Waals surface area contributed by atoms with Crippen LogP contribution in [0, 0.1) is 5.41 Å². The molecule has 3 rings (SSSR count). The van der Waals surface area contributed by atoms with Crippen LogP contribution in [0.15, 0.2) is 0 Å². The molecule has 3 nitrogen and oxygen atoms in total. The molecule has 3 heteroatoms. The second-order valence-corrected chi connectivity index (χ2v) is 7.22. The van der Waals surface area contributed by atoms with E-state index in [9.17, 15) is 0 Å². The van der Waals surface area contributed by atoms with Gasteiger partial charge in [0.15, 0.2) is 0 Å². The van der Waals surface area contributed by atoms with E-state index in [0.717, 1.165) is 26.3 Å². The maximum Gasteiger partial charge on any atom is 0.0708 e. The molecule has 1 N–H and O–H groups in total. The number of rotatable bonds is 4. The molecule has 1 aliphatic carbocycles. The fourth-order valence-electron chi connectivity index (χ4n) is 4.00. The van der Waals surface area contributed by atoms with Gasteiger partial charge in [-0.25, -0.2) is 0 Å². The highest BCUT2D eigenvalue weighted by atomic mass is 16.5. The van der Waals surface area contributed by atoms with Gasteiger partial charge < -0.3 is 14.8 Å². The normalized spacial score (nSPS) is 33.0. The average Bonchev–Trinajstić information content (AvgIpc) is 3.01. The Labute approximate surface area is 117 Å². The molecule has 1 spiro atoms. The summed E-state index contributed by atoms with van der Waals surface area (Å²) in [6.45, 7) is 6.40. The van der Waals surface area contributed by atoms with Crippen LogP contribution in [-0.4, -0.2) is 38.0 Å². The predicted molar refractivity (Wildman–Crippen MR) is 76.3 cm³/mol. The summed E-state index contributed by atoms with van der Waals surface area (Å²) in [4.78, 5) is 0. The molecule has 0 radical (unpaired) electrons. The number of ether oxygens (including phenoxy) is 2. The molecule has 1 saturated carbocycles. The van der Waals surface area contributed by atoms with Gasteiger partial charge in [-0.2, -0.15) is 0 Å². The smallest absolute Gasteiger partial charge is 0.0708 e. The van der Waals surface area contributed by atoms with E-state index in [-0.39, 0.29) is 5.60 Å². The van der Waals surface area contributed by atoms with Gasteiger partial charge in [0.25, 0.3) is 0 Å². The van der Waals surface area contributed by atoms with Gasteiger partial charge >= 0.3 is 0 Å². The van der Waals surface area contributed by atoms with E-state index in [0.29, 0.717) is 11.5 Å². The topological polar surface area (TPSA) is 30.5 Å². The summed E-state index contributed by atoms with van der Waals surface area (Å²) in [5.41, 5.74) is 0.719. The molecular weight excluding hydrogens is 238 g/mol. The lowest BCUT2D eigenvalue weighted by Gasteiger charge is -2.34. The third-order valence-electron chi connectivity index (χ3n) is 5.48. The van der Waals surface area contributed by atoms with Gasteiger partial charge in [0.1, 0.15) is 0 Å². The maximum absolute atomic E-state index is 6.35. The molecule has 2 aliphatic heterocycles. The van der Waals surface area contributed by atoms with Gasteiger partial charge in [0.2, 0.25) is 0 Å². The molecule has 19 heavy (non-hydrogen) atoms. The van der Waals surface area contributed by atoms with Gasteiger partial charge in [-0.05, 0) is 43.9 Å². The summed E-state index contributed by atoms with van der Waals surface area (Å²) in [7, 11) is 0. The molecule has 0 aromatic rings. The molecule has 0 aromatic carbocycles. The third-order valence-corrected chi connectivity index (χ3v) is 5.48. The van der Waals surface area contributed by atoms with Crippen LogP contribution in [0.2, 0.25) is 0 Å². The largest absolute Gasteiger partial charge is 0.381 e. The van der Waals surface area contributed by atoms with Crippen molar-refractivity contribution in [2.24, 2.45) is 5.41 Å². The number of hydrogen-bond donors (Lipinski definition) is 1. The van der Waals surface area contributed by atoms with E-state index in [4.69, 9.17) is 9.47 Å². The van der Waals surface area contributed by atoms with Crippen molar-refractivity contribution in [3.8, 4) is 0 Å². The fraction of sp³-hybridized carbons (Fsp3) is 1.00. The van der Waals surface area contributed by atoms with Crippen LogP contribution in [0.1, 0.15) is 58.3 Å². The zero-order valence-corrected chi connectivity index (χ0v) is 12.4. The van der Waals surface area contributed by atoms with Crippen molar-refractivity contribution in [3.05, 3.63) is 0 Å².